The Labute approximate surface area is 171 Å². The second-order valence-electron chi connectivity index (χ2n) is 6.43. The Bertz CT molecular complexity index is 1330. The van der Waals surface area contributed by atoms with Gasteiger partial charge in [0, 0.05) is 39.7 Å². The summed E-state index contributed by atoms with van der Waals surface area (Å²) in [7, 11) is -2.64. The number of carbonyl (C=O) groups is 1. The highest BCUT2D eigenvalue weighted by molar-refractivity contribution is 7.89. The van der Waals surface area contributed by atoms with Crippen molar-refractivity contribution in [3.8, 4) is 0 Å². The first-order chi connectivity index (χ1) is 14.3. The molecule has 1 aliphatic rings. The van der Waals surface area contributed by atoms with Crippen molar-refractivity contribution < 1.29 is 22.9 Å². The fourth-order valence-corrected chi connectivity index (χ4v) is 4.40. The van der Waals surface area contributed by atoms with Crippen LogP contribution in [0.1, 0.15) is 15.9 Å². The van der Waals surface area contributed by atoms with E-state index in [4.69, 9.17) is 4.74 Å². The minimum atomic E-state index is -4.00. The zero-order chi connectivity index (χ0) is 21.5. The van der Waals surface area contributed by atoms with Gasteiger partial charge in [-0.2, -0.15) is 0 Å². The lowest BCUT2D eigenvalue weighted by Crippen LogP contribution is -2.19. The molecule has 30 heavy (non-hydrogen) atoms. The lowest BCUT2D eigenvalue weighted by Gasteiger charge is -2.11. The number of non-ortho nitro benzene ring substituents is 1. The molecule has 3 aromatic carbocycles. The molecule has 2 N–H and O–H groups in total. The van der Waals surface area contributed by atoms with Crippen molar-refractivity contribution in [3.63, 3.8) is 0 Å². The topological polar surface area (TPSA) is 128 Å². The summed E-state index contributed by atoms with van der Waals surface area (Å²) in [4.78, 5) is 22.3. The molecule has 1 heterocycles. The number of methoxy groups -OCH3 is 1. The summed E-state index contributed by atoms with van der Waals surface area (Å²) < 4.78 is 33.5. The summed E-state index contributed by atoms with van der Waals surface area (Å²) in [5.41, 5.74) is 1.34. The second-order valence-corrected chi connectivity index (χ2v) is 8.11. The van der Waals surface area contributed by atoms with Gasteiger partial charge in [-0.15, -0.1) is 0 Å². The predicted octanol–water partition coefficient (Wildman–Crippen LogP) is 3.24. The predicted molar refractivity (Wildman–Crippen MR) is 110 cm³/mol. The third kappa shape index (κ3) is 3.22. The highest BCUT2D eigenvalue weighted by Crippen LogP contribution is 2.36. The quantitative estimate of drug-likeness (QED) is 0.355. The van der Waals surface area contributed by atoms with Gasteiger partial charge in [-0.05, 0) is 30.3 Å². The molecule has 1 aliphatic heterocycles. The van der Waals surface area contributed by atoms with Crippen molar-refractivity contribution in [2.45, 2.75) is 4.90 Å². The van der Waals surface area contributed by atoms with Crippen LogP contribution in [-0.4, -0.2) is 26.4 Å². The number of amides is 1. The number of nitrogens with zero attached hydrogens (tertiary/aromatic N) is 1. The summed E-state index contributed by atoms with van der Waals surface area (Å²) in [5.74, 6) is -0.103. The standard InChI is InChI=1S/C20H15N3O6S/c1-29-17(12-5-7-13(8-6-12)23(25)26)11-21-30(27,28)18-10-9-16-19-14(18)3-2-4-15(19)20(24)22-16/h2-11,21H,1H3,(H,22,24)/b17-11+. The van der Waals surface area contributed by atoms with Gasteiger partial charge in [0.2, 0.25) is 0 Å². The van der Waals surface area contributed by atoms with Crippen molar-refractivity contribution in [3.05, 3.63) is 82.0 Å². The molecule has 3 aromatic rings. The number of nitro benzene ring substituents is 1. The van der Waals surface area contributed by atoms with E-state index in [0.717, 1.165) is 0 Å². The van der Waals surface area contributed by atoms with E-state index in [1.807, 2.05) is 0 Å². The fraction of sp³-hybridized carbons (Fsp3) is 0.0500. The van der Waals surface area contributed by atoms with Crippen LogP contribution < -0.4 is 10.0 Å². The van der Waals surface area contributed by atoms with E-state index in [0.29, 0.717) is 27.6 Å². The molecular formula is C20H15N3O6S. The fourth-order valence-electron chi connectivity index (χ4n) is 3.30. The van der Waals surface area contributed by atoms with Gasteiger partial charge in [0.1, 0.15) is 5.76 Å². The molecule has 10 heteroatoms. The van der Waals surface area contributed by atoms with E-state index < -0.39 is 14.9 Å². The summed E-state index contributed by atoms with van der Waals surface area (Å²) in [5, 5.41) is 14.5. The van der Waals surface area contributed by atoms with Crippen LogP contribution in [0.15, 0.2) is 65.7 Å². The van der Waals surface area contributed by atoms with Crippen LogP contribution in [-0.2, 0) is 14.8 Å². The number of ether oxygens (including phenoxy) is 1. The van der Waals surface area contributed by atoms with E-state index in [-0.39, 0.29) is 22.2 Å². The van der Waals surface area contributed by atoms with Crippen molar-refractivity contribution in [2.24, 2.45) is 0 Å². The minimum absolute atomic E-state index is 0.00926. The van der Waals surface area contributed by atoms with Gasteiger partial charge < -0.3 is 10.1 Å². The van der Waals surface area contributed by atoms with Crippen LogP contribution in [0.2, 0.25) is 0 Å². The number of rotatable bonds is 6. The Hall–Kier alpha value is -3.92. The maximum absolute atomic E-state index is 13.0. The number of nitro groups is 1. The van der Waals surface area contributed by atoms with Gasteiger partial charge in [0.25, 0.3) is 21.6 Å². The lowest BCUT2D eigenvalue weighted by molar-refractivity contribution is -0.384. The second kappa shape index (κ2) is 7.16. The Kier molecular flexibility index (Phi) is 4.63. The van der Waals surface area contributed by atoms with Crippen LogP contribution in [0, 0.1) is 10.1 Å². The summed E-state index contributed by atoms with van der Waals surface area (Å²) in [6.07, 6.45) is 1.17. The Morgan fingerprint density at radius 1 is 1.13 bits per heavy atom. The summed E-state index contributed by atoms with van der Waals surface area (Å²) in [6.45, 7) is 0. The molecule has 0 aromatic heterocycles. The summed E-state index contributed by atoms with van der Waals surface area (Å²) >= 11 is 0. The monoisotopic (exact) mass is 425 g/mol. The molecule has 0 saturated heterocycles. The first-order valence-electron chi connectivity index (χ1n) is 8.70. The van der Waals surface area contributed by atoms with E-state index >= 15 is 0 Å². The number of anilines is 1. The third-order valence-electron chi connectivity index (χ3n) is 4.71. The van der Waals surface area contributed by atoms with Crippen molar-refractivity contribution in [2.75, 3.05) is 12.4 Å². The zero-order valence-electron chi connectivity index (χ0n) is 15.6. The molecule has 1 amide bonds. The molecule has 152 valence electrons. The summed E-state index contributed by atoms with van der Waals surface area (Å²) in [6, 6.07) is 13.4. The van der Waals surface area contributed by atoms with Crippen LogP contribution in [0.4, 0.5) is 11.4 Å². The van der Waals surface area contributed by atoms with Gasteiger partial charge in [-0.25, -0.2) is 8.42 Å². The van der Waals surface area contributed by atoms with Crippen molar-refractivity contribution >= 4 is 43.8 Å². The maximum atomic E-state index is 13.0. The van der Waals surface area contributed by atoms with Crippen LogP contribution in [0.25, 0.3) is 16.5 Å². The highest BCUT2D eigenvalue weighted by Gasteiger charge is 2.26. The number of hydrogen-bond donors (Lipinski definition) is 2. The van der Waals surface area contributed by atoms with Crippen molar-refractivity contribution in [1.82, 2.24) is 4.72 Å². The normalized spacial score (nSPS) is 13.2. The maximum Gasteiger partial charge on any atom is 0.269 e. The zero-order valence-corrected chi connectivity index (χ0v) is 16.4. The van der Waals surface area contributed by atoms with Crippen LogP contribution >= 0.6 is 0 Å². The molecule has 0 unspecified atom stereocenters. The molecule has 0 saturated carbocycles. The highest BCUT2D eigenvalue weighted by atomic mass is 32.2. The van der Waals surface area contributed by atoms with Crippen LogP contribution in [0.5, 0.6) is 0 Å². The van der Waals surface area contributed by atoms with Gasteiger partial charge >= 0.3 is 0 Å². The number of hydrogen-bond acceptors (Lipinski definition) is 6. The van der Waals surface area contributed by atoms with Gasteiger partial charge in [-0.3, -0.25) is 19.6 Å². The number of benzene rings is 3. The van der Waals surface area contributed by atoms with E-state index in [9.17, 15) is 23.3 Å². The molecule has 0 aliphatic carbocycles. The third-order valence-corrected chi connectivity index (χ3v) is 6.07. The van der Waals surface area contributed by atoms with Gasteiger partial charge in [-0.1, -0.05) is 12.1 Å². The molecule has 0 spiro atoms. The molecule has 0 bridgehead atoms. The molecule has 0 fully saturated rings. The Morgan fingerprint density at radius 2 is 1.87 bits per heavy atom. The van der Waals surface area contributed by atoms with E-state index in [2.05, 4.69) is 10.0 Å². The Morgan fingerprint density at radius 3 is 2.53 bits per heavy atom. The van der Waals surface area contributed by atoms with Gasteiger partial charge in [0.15, 0.2) is 0 Å². The molecule has 9 nitrogen and oxygen atoms in total. The Balaban J connectivity index is 1.70. The average molecular weight is 425 g/mol. The lowest BCUT2D eigenvalue weighted by atomic mass is 10.1. The van der Waals surface area contributed by atoms with E-state index in [1.54, 1.807) is 24.3 Å². The van der Waals surface area contributed by atoms with Crippen molar-refractivity contribution in [1.29, 1.82) is 0 Å². The molecule has 4 rings (SSSR count). The minimum Gasteiger partial charge on any atom is -0.495 e. The molecular weight excluding hydrogens is 410 g/mol. The number of nitrogens with one attached hydrogen (secondary N) is 2. The number of carbonyl (C=O) groups excluding carboxylic acids is 1. The first kappa shape index (κ1) is 19.4. The largest absolute Gasteiger partial charge is 0.495 e. The number of sulfonamides is 1. The van der Waals surface area contributed by atoms with E-state index in [1.165, 1.54) is 43.6 Å². The first-order valence-corrected chi connectivity index (χ1v) is 10.2. The van der Waals surface area contributed by atoms with Gasteiger partial charge in [0.05, 0.1) is 23.1 Å². The van der Waals surface area contributed by atoms with Crippen LogP contribution in [0.3, 0.4) is 0 Å². The smallest absolute Gasteiger partial charge is 0.269 e. The molecule has 0 atom stereocenters. The average Bonchev–Trinajstić information content (AvgIpc) is 3.06. The SMILES string of the molecule is CO/C(=C/NS(=O)(=O)c1ccc2c3c(cccc13)C(=O)N2)c1ccc([N+](=O)[O-])cc1. The molecule has 0 radical (unpaired) electrons.